The smallest absolute Gasteiger partial charge is 0.306 e. The van der Waals surface area contributed by atoms with E-state index in [-0.39, 0.29) is 11.9 Å². The van der Waals surface area contributed by atoms with Crippen molar-refractivity contribution in [3.05, 3.63) is 12.2 Å². The first kappa shape index (κ1) is 16.2. The van der Waals surface area contributed by atoms with Crippen molar-refractivity contribution in [1.29, 1.82) is 0 Å². The van der Waals surface area contributed by atoms with Crippen LogP contribution >= 0.6 is 0 Å². The molecule has 0 radical (unpaired) electrons. The third-order valence-electron chi connectivity index (χ3n) is 7.18. The molecule has 3 saturated carbocycles. The Morgan fingerprint density at radius 1 is 0.833 bits per heavy atom. The molecule has 0 N–H and O–H groups in total. The van der Waals surface area contributed by atoms with Gasteiger partial charge in [-0.05, 0) is 74.0 Å². The molecule has 8 unspecified atom stereocenters. The van der Waals surface area contributed by atoms with Gasteiger partial charge >= 0.3 is 11.9 Å². The number of carbonyl (C=O) groups is 2. The number of rotatable bonds is 6. The number of ether oxygens (including phenoxy) is 2. The molecule has 0 aromatic heterocycles. The summed E-state index contributed by atoms with van der Waals surface area (Å²) in [6, 6.07) is 0. The van der Waals surface area contributed by atoms with Crippen LogP contribution in [-0.4, -0.2) is 25.2 Å². The normalized spacial score (nSPS) is 43.9. The van der Waals surface area contributed by atoms with Crippen LogP contribution in [0.3, 0.4) is 0 Å². The van der Waals surface area contributed by atoms with E-state index in [4.69, 9.17) is 9.47 Å². The molecular weight excluding hydrogens is 304 g/mol. The van der Waals surface area contributed by atoms with Crippen molar-refractivity contribution >= 4 is 11.9 Å². The highest BCUT2D eigenvalue weighted by molar-refractivity contribution is 5.71. The van der Waals surface area contributed by atoms with Crippen molar-refractivity contribution in [3.8, 4) is 0 Å². The van der Waals surface area contributed by atoms with Gasteiger partial charge in [-0.25, -0.2) is 0 Å². The maximum Gasteiger partial charge on any atom is 0.306 e. The molecule has 0 aromatic rings. The second kappa shape index (κ2) is 6.20. The van der Waals surface area contributed by atoms with Gasteiger partial charge in [-0.3, -0.25) is 9.59 Å². The van der Waals surface area contributed by atoms with Crippen molar-refractivity contribution in [2.45, 2.75) is 39.5 Å². The number of allylic oxidation sites excluding steroid dienone is 2. The van der Waals surface area contributed by atoms with E-state index in [2.05, 4.69) is 12.2 Å². The van der Waals surface area contributed by atoms with E-state index in [0.29, 0.717) is 61.6 Å². The molecule has 0 aliphatic heterocycles. The van der Waals surface area contributed by atoms with Gasteiger partial charge in [0, 0.05) is 12.8 Å². The molecule has 4 aliphatic carbocycles. The van der Waals surface area contributed by atoms with Gasteiger partial charge in [-0.15, -0.1) is 0 Å². The first-order valence-electron chi connectivity index (χ1n) is 9.63. The van der Waals surface area contributed by atoms with Crippen LogP contribution in [0.2, 0.25) is 0 Å². The number of esters is 2. The van der Waals surface area contributed by atoms with Crippen molar-refractivity contribution in [2.24, 2.45) is 47.3 Å². The zero-order valence-electron chi connectivity index (χ0n) is 14.6. The highest BCUT2D eigenvalue weighted by atomic mass is 16.5. The van der Waals surface area contributed by atoms with E-state index >= 15 is 0 Å². The maximum absolute atomic E-state index is 12.1. The Balaban J connectivity index is 1.54. The second-order valence-corrected chi connectivity index (χ2v) is 8.01. The fourth-order valence-corrected chi connectivity index (χ4v) is 6.72. The first-order chi connectivity index (χ1) is 11.6. The Hall–Kier alpha value is -1.32. The van der Waals surface area contributed by atoms with Crippen molar-refractivity contribution in [1.82, 2.24) is 0 Å². The quantitative estimate of drug-likeness (QED) is 0.426. The van der Waals surface area contributed by atoms with E-state index in [9.17, 15) is 9.59 Å². The Morgan fingerprint density at radius 2 is 1.29 bits per heavy atom. The zero-order chi connectivity index (χ0) is 16.8. The molecule has 0 spiro atoms. The lowest BCUT2D eigenvalue weighted by atomic mass is 9.63. The fourth-order valence-electron chi connectivity index (χ4n) is 6.72. The van der Waals surface area contributed by atoms with Crippen molar-refractivity contribution < 1.29 is 19.1 Å². The molecule has 0 heterocycles. The van der Waals surface area contributed by atoms with Gasteiger partial charge in [0.15, 0.2) is 0 Å². The molecule has 3 fully saturated rings. The molecule has 4 nitrogen and oxygen atoms in total. The van der Waals surface area contributed by atoms with Gasteiger partial charge in [0.25, 0.3) is 0 Å². The average molecular weight is 332 g/mol. The summed E-state index contributed by atoms with van der Waals surface area (Å²) in [5.41, 5.74) is 0. The van der Waals surface area contributed by atoms with Crippen molar-refractivity contribution in [2.75, 3.05) is 13.2 Å². The van der Waals surface area contributed by atoms with Crippen LogP contribution in [0.1, 0.15) is 39.5 Å². The Bertz CT molecular complexity index is 508. The summed E-state index contributed by atoms with van der Waals surface area (Å²) in [5, 5.41) is 0. The minimum atomic E-state index is -0.0980. The van der Waals surface area contributed by atoms with Crippen LogP contribution in [0.5, 0.6) is 0 Å². The molecule has 4 aliphatic rings. The summed E-state index contributed by atoms with van der Waals surface area (Å²) >= 11 is 0. The third-order valence-corrected chi connectivity index (χ3v) is 7.18. The Labute approximate surface area is 144 Å². The zero-order valence-corrected chi connectivity index (χ0v) is 14.6. The van der Waals surface area contributed by atoms with Crippen molar-refractivity contribution in [3.63, 3.8) is 0 Å². The molecule has 4 heteroatoms. The minimum Gasteiger partial charge on any atom is -0.466 e. The summed E-state index contributed by atoms with van der Waals surface area (Å²) in [5.74, 6) is 4.48. The van der Waals surface area contributed by atoms with E-state index in [1.54, 1.807) is 0 Å². The predicted octanol–water partition coefficient (Wildman–Crippen LogP) is 3.21. The standard InChI is InChI=1S/C20H28O4/c1-3-23-17(21)9-13-14(10-18(22)24-4-2)16-8-15(13)19-11-5-6-12(7-11)20(16)19/h5-6,11-16,19-20H,3-4,7-10H2,1-2H3. The van der Waals surface area contributed by atoms with Gasteiger partial charge in [0.05, 0.1) is 13.2 Å². The number of hydrogen-bond donors (Lipinski definition) is 0. The van der Waals surface area contributed by atoms with Gasteiger partial charge in [-0.2, -0.15) is 0 Å². The number of hydrogen-bond acceptors (Lipinski definition) is 4. The van der Waals surface area contributed by atoms with E-state index in [0.717, 1.165) is 11.8 Å². The molecule has 4 bridgehead atoms. The number of carbonyl (C=O) groups excluding carboxylic acids is 2. The van der Waals surface area contributed by atoms with E-state index in [1.165, 1.54) is 12.8 Å². The van der Waals surface area contributed by atoms with Crippen LogP contribution in [0.4, 0.5) is 0 Å². The number of fused-ring (bicyclic) bond motifs is 9. The highest BCUT2D eigenvalue weighted by Crippen LogP contribution is 2.69. The minimum absolute atomic E-state index is 0.0980. The average Bonchev–Trinajstić information content (AvgIpc) is 3.27. The van der Waals surface area contributed by atoms with Gasteiger partial charge in [-0.1, -0.05) is 12.2 Å². The van der Waals surface area contributed by atoms with E-state index in [1.807, 2.05) is 13.8 Å². The Kier molecular flexibility index (Phi) is 4.17. The molecular formula is C20H28O4. The summed E-state index contributed by atoms with van der Waals surface area (Å²) in [7, 11) is 0. The van der Waals surface area contributed by atoms with Gasteiger partial charge < -0.3 is 9.47 Å². The first-order valence-corrected chi connectivity index (χ1v) is 9.63. The predicted molar refractivity (Wildman–Crippen MR) is 88.8 cm³/mol. The topological polar surface area (TPSA) is 52.6 Å². The highest BCUT2D eigenvalue weighted by Gasteiger charge is 2.64. The molecule has 8 atom stereocenters. The largest absolute Gasteiger partial charge is 0.466 e. The summed E-state index contributed by atoms with van der Waals surface area (Å²) in [6.07, 6.45) is 8.26. The van der Waals surface area contributed by atoms with E-state index < -0.39 is 0 Å². The molecule has 132 valence electrons. The second-order valence-electron chi connectivity index (χ2n) is 8.01. The lowest BCUT2D eigenvalue weighted by Crippen LogP contribution is -2.39. The fraction of sp³-hybridized carbons (Fsp3) is 0.800. The van der Waals surface area contributed by atoms with Crippen LogP contribution in [0.25, 0.3) is 0 Å². The lowest BCUT2D eigenvalue weighted by molar-refractivity contribution is -0.149. The lowest BCUT2D eigenvalue weighted by Gasteiger charge is -2.41. The van der Waals surface area contributed by atoms with Crippen LogP contribution in [0, 0.1) is 47.3 Å². The SMILES string of the molecule is CCOC(=O)CC1C(CC(=O)OCC)C2CC1C1C3C=CC(C3)C21. The van der Waals surface area contributed by atoms with Crippen LogP contribution < -0.4 is 0 Å². The van der Waals surface area contributed by atoms with Crippen LogP contribution in [-0.2, 0) is 19.1 Å². The third kappa shape index (κ3) is 2.41. The maximum atomic E-state index is 12.1. The Morgan fingerprint density at radius 3 is 1.71 bits per heavy atom. The summed E-state index contributed by atoms with van der Waals surface area (Å²) < 4.78 is 10.4. The molecule has 0 amide bonds. The molecule has 24 heavy (non-hydrogen) atoms. The summed E-state index contributed by atoms with van der Waals surface area (Å²) in [4.78, 5) is 24.3. The van der Waals surface area contributed by atoms with Gasteiger partial charge in [0.1, 0.15) is 0 Å². The van der Waals surface area contributed by atoms with Crippen LogP contribution in [0.15, 0.2) is 12.2 Å². The monoisotopic (exact) mass is 332 g/mol. The summed E-state index contributed by atoms with van der Waals surface area (Å²) in [6.45, 7) is 4.57. The molecule has 4 rings (SSSR count). The van der Waals surface area contributed by atoms with Gasteiger partial charge in [0.2, 0.25) is 0 Å². The molecule has 0 aromatic carbocycles. The molecule has 0 saturated heterocycles.